The number of amides is 2. The van der Waals surface area contributed by atoms with Gasteiger partial charge in [-0.3, -0.25) is 9.59 Å². The highest BCUT2D eigenvalue weighted by atomic mass is 35.5. The van der Waals surface area contributed by atoms with Crippen LogP contribution in [0.4, 0.5) is 0 Å². The van der Waals surface area contributed by atoms with Gasteiger partial charge in [0, 0.05) is 31.0 Å². The van der Waals surface area contributed by atoms with Crippen molar-refractivity contribution in [3.8, 4) is 11.6 Å². The molecule has 0 radical (unpaired) electrons. The minimum atomic E-state index is -1.32. The van der Waals surface area contributed by atoms with Gasteiger partial charge in [0.2, 0.25) is 17.7 Å². The van der Waals surface area contributed by atoms with E-state index in [0.29, 0.717) is 53.5 Å². The number of nitrogens with zero attached hydrogens (tertiary/aromatic N) is 2. The van der Waals surface area contributed by atoms with Crippen LogP contribution in [0.2, 0.25) is 5.02 Å². The van der Waals surface area contributed by atoms with E-state index in [4.69, 9.17) is 21.1 Å². The molecule has 1 aliphatic heterocycles. The molecular formula is C29H34ClN3O6. The molecule has 208 valence electrons. The van der Waals surface area contributed by atoms with E-state index in [-0.39, 0.29) is 18.2 Å². The molecule has 0 spiro atoms. The molecular weight excluding hydrogens is 522 g/mol. The number of carbonyl (C=O) groups is 3. The molecule has 1 aromatic heterocycles. The van der Waals surface area contributed by atoms with Gasteiger partial charge in [0.15, 0.2) is 0 Å². The van der Waals surface area contributed by atoms with Crippen LogP contribution in [-0.4, -0.2) is 64.6 Å². The second-order valence-corrected chi connectivity index (χ2v) is 11.1. The summed E-state index contributed by atoms with van der Waals surface area (Å²) in [6.07, 6.45) is 6.93. The van der Waals surface area contributed by atoms with Gasteiger partial charge < -0.3 is 24.8 Å². The molecule has 2 aliphatic carbocycles. The maximum absolute atomic E-state index is 13.6. The molecule has 2 N–H and O–H groups in total. The predicted molar refractivity (Wildman–Crippen MR) is 146 cm³/mol. The standard InChI is InChI=1S/C29H34ClN3O6/c1-3-38-24-15-23(19-10-8-11-22(30)25(19)31-24)39-18-13-20-21(14-18)27(35)33(2)12-7-5-4-6-9-17-16-29(17,28(36)37)32-26(20)34/h6,8-11,15,17-18,20-21H,3-5,7,12-14,16H2,1-2H3,(H,32,34)(H,36,37)/b9-6+. The zero-order valence-corrected chi connectivity index (χ0v) is 22.9. The van der Waals surface area contributed by atoms with Crippen molar-refractivity contribution < 1.29 is 29.0 Å². The van der Waals surface area contributed by atoms with E-state index in [9.17, 15) is 19.5 Å². The summed E-state index contributed by atoms with van der Waals surface area (Å²) in [4.78, 5) is 45.5. The normalized spacial score (nSPS) is 30.1. The first-order chi connectivity index (χ1) is 18.7. The Balaban J connectivity index is 1.44. The number of aliphatic carboxylic acids is 1. The summed E-state index contributed by atoms with van der Waals surface area (Å²) in [5.74, 6) is -2.29. The van der Waals surface area contributed by atoms with Gasteiger partial charge in [-0.2, -0.15) is 0 Å². The first-order valence-corrected chi connectivity index (χ1v) is 14.0. The average Bonchev–Trinajstić information content (AvgIpc) is 3.44. The zero-order chi connectivity index (χ0) is 27.7. The smallest absolute Gasteiger partial charge is 0.330 e. The first kappa shape index (κ1) is 27.2. The van der Waals surface area contributed by atoms with Crippen molar-refractivity contribution in [1.82, 2.24) is 15.2 Å². The lowest BCUT2D eigenvalue weighted by atomic mass is 9.93. The van der Waals surface area contributed by atoms with Gasteiger partial charge in [-0.1, -0.05) is 29.8 Å². The van der Waals surface area contributed by atoms with Crippen LogP contribution in [0.5, 0.6) is 11.6 Å². The number of benzene rings is 1. The summed E-state index contributed by atoms with van der Waals surface area (Å²) in [5.41, 5.74) is -0.776. The number of ether oxygens (including phenoxy) is 2. The number of hydrogen-bond donors (Lipinski definition) is 2. The lowest BCUT2D eigenvalue weighted by Gasteiger charge is -2.26. The first-order valence-electron chi connectivity index (χ1n) is 13.6. The Bertz CT molecular complexity index is 1320. The molecule has 5 unspecified atom stereocenters. The Labute approximate surface area is 232 Å². The van der Waals surface area contributed by atoms with Crippen LogP contribution in [0.1, 0.15) is 45.4 Å². The summed E-state index contributed by atoms with van der Waals surface area (Å²) < 4.78 is 12.1. The average molecular weight is 556 g/mol. The second-order valence-electron chi connectivity index (χ2n) is 10.7. The molecule has 2 heterocycles. The number of halogens is 1. The number of carboxylic acid groups (broad SMARTS) is 1. The van der Waals surface area contributed by atoms with Gasteiger partial charge in [-0.15, -0.1) is 0 Å². The molecule has 2 fully saturated rings. The van der Waals surface area contributed by atoms with E-state index in [1.807, 2.05) is 31.2 Å². The van der Waals surface area contributed by atoms with Crippen molar-refractivity contribution >= 4 is 40.3 Å². The van der Waals surface area contributed by atoms with Crippen molar-refractivity contribution in [1.29, 1.82) is 0 Å². The Hall–Kier alpha value is -3.33. The highest BCUT2D eigenvalue weighted by Crippen LogP contribution is 2.46. The number of hydrogen-bond acceptors (Lipinski definition) is 6. The lowest BCUT2D eigenvalue weighted by molar-refractivity contribution is -0.145. The third kappa shape index (κ3) is 5.41. The molecule has 0 bridgehead atoms. The van der Waals surface area contributed by atoms with E-state index in [2.05, 4.69) is 10.3 Å². The molecule has 1 aromatic carbocycles. The highest BCUT2D eigenvalue weighted by molar-refractivity contribution is 6.35. The van der Waals surface area contributed by atoms with Gasteiger partial charge in [0.05, 0.1) is 29.0 Å². The number of carboxylic acids is 1. The molecule has 5 rings (SSSR count). The minimum Gasteiger partial charge on any atom is -0.489 e. The number of nitrogens with one attached hydrogen (secondary N) is 1. The minimum absolute atomic E-state index is 0.122. The monoisotopic (exact) mass is 555 g/mol. The maximum atomic E-state index is 13.6. The van der Waals surface area contributed by atoms with Gasteiger partial charge in [-0.05, 0) is 57.6 Å². The Morgan fingerprint density at radius 2 is 2.05 bits per heavy atom. The van der Waals surface area contributed by atoms with Crippen molar-refractivity contribution in [3.05, 3.63) is 41.4 Å². The molecule has 3 aliphatic rings. The number of carbonyl (C=O) groups excluding carboxylic acids is 2. The summed E-state index contributed by atoms with van der Waals surface area (Å²) in [7, 11) is 1.76. The maximum Gasteiger partial charge on any atom is 0.330 e. The molecule has 5 atom stereocenters. The number of pyridine rings is 1. The molecule has 2 amide bonds. The van der Waals surface area contributed by atoms with E-state index >= 15 is 0 Å². The zero-order valence-electron chi connectivity index (χ0n) is 22.2. The number of allylic oxidation sites excluding steroid dienone is 1. The Kier molecular flexibility index (Phi) is 7.71. The summed E-state index contributed by atoms with van der Waals surface area (Å²) in [6, 6.07) is 7.11. The topological polar surface area (TPSA) is 118 Å². The Morgan fingerprint density at radius 3 is 2.82 bits per heavy atom. The number of aromatic nitrogens is 1. The number of rotatable bonds is 5. The lowest BCUT2D eigenvalue weighted by Crippen LogP contribution is -2.49. The summed E-state index contributed by atoms with van der Waals surface area (Å²) >= 11 is 6.42. The Morgan fingerprint density at radius 1 is 1.26 bits per heavy atom. The third-order valence-electron chi connectivity index (χ3n) is 8.09. The van der Waals surface area contributed by atoms with Crippen molar-refractivity contribution in [2.24, 2.45) is 17.8 Å². The molecule has 9 nitrogen and oxygen atoms in total. The van der Waals surface area contributed by atoms with Crippen molar-refractivity contribution in [2.45, 2.75) is 57.1 Å². The SMILES string of the molecule is CCOc1cc(OC2CC3C(=O)NC4(C(=O)O)CC4/C=C/CCCCN(C)C(=O)C3C2)c2cccc(Cl)c2n1. The largest absolute Gasteiger partial charge is 0.489 e. The number of fused-ring (bicyclic) bond motifs is 3. The predicted octanol–water partition coefficient (Wildman–Crippen LogP) is 4.22. The summed E-state index contributed by atoms with van der Waals surface area (Å²) in [6.45, 7) is 2.87. The second kappa shape index (κ2) is 11.0. The van der Waals surface area contributed by atoms with Crippen molar-refractivity contribution in [2.75, 3.05) is 20.2 Å². The quantitative estimate of drug-likeness (QED) is 0.530. The van der Waals surface area contributed by atoms with E-state index in [0.717, 1.165) is 19.3 Å². The van der Waals surface area contributed by atoms with Gasteiger partial charge in [0.1, 0.15) is 17.4 Å². The van der Waals surface area contributed by atoms with Crippen molar-refractivity contribution in [3.63, 3.8) is 0 Å². The van der Waals surface area contributed by atoms with Crippen LogP contribution in [0.25, 0.3) is 10.9 Å². The van der Waals surface area contributed by atoms with Gasteiger partial charge in [-0.25, -0.2) is 9.78 Å². The molecule has 10 heteroatoms. The molecule has 39 heavy (non-hydrogen) atoms. The van der Waals surface area contributed by atoms with Crippen LogP contribution in [0, 0.1) is 17.8 Å². The third-order valence-corrected chi connectivity index (χ3v) is 8.39. The van der Waals surface area contributed by atoms with Crippen LogP contribution in [-0.2, 0) is 14.4 Å². The fourth-order valence-corrected chi connectivity index (χ4v) is 6.07. The number of para-hydroxylation sites is 1. The van der Waals surface area contributed by atoms with E-state index in [1.54, 1.807) is 24.1 Å². The highest BCUT2D eigenvalue weighted by Gasteiger charge is 2.61. The van der Waals surface area contributed by atoms with Gasteiger partial charge in [0.25, 0.3) is 0 Å². The van der Waals surface area contributed by atoms with Crippen LogP contribution < -0.4 is 14.8 Å². The van der Waals surface area contributed by atoms with Crippen LogP contribution in [0.15, 0.2) is 36.4 Å². The fraction of sp³-hybridized carbons (Fsp3) is 0.517. The fourth-order valence-electron chi connectivity index (χ4n) is 5.85. The van der Waals surface area contributed by atoms with E-state index in [1.165, 1.54) is 0 Å². The van der Waals surface area contributed by atoms with Crippen LogP contribution >= 0.6 is 11.6 Å². The molecule has 0 saturated heterocycles. The van der Waals surface area contributed by atoms with Gasteiger partial charge >= 0.3 is 5.97 Å². The summed E-state index contributed by atoms with van der Waals surface area (Å²) in [5, 5.41) is 13.9. The molecule has 2 saturated carbocycles. The van der Waals surface area contributed by atoms with E-state index < -0.39 is 35.4 Å². The molecule has 2 aromatic rings. The van der Waals surface area contributed by atoms with Crippen LogP contribution in [0.3, 0.4) is 0 Å².